The highest BCUT2D eigenvalue weighted by Crippen LogP contribution is 2.31. The van der Waals surface area contributed by atoms with E-state index < -0.39 is 0 Å². The summed E-state index contributed by atoms with van der Waals surface area (Å²) in [6, 6.07) is 10.1. The Morgan fingerprint density at radius 3 is 1.68 bits per heavy atom. The maximum atomic E-state index is 12.3. The molecule has 0 spiro atoms. The van der Waals surface area contributed by atoms with Crippen molar-refractivity contribution in [2.45, 2.75) is 6.92 Å². The highest BCUT2D eigenvalue weighted by Gasteiger charge is 2.35. The van der Waals surface area contributed by atoms with E-state index >= 15 is 0 Å². The third-order valence-electron chi connectivity index (χ3n) is 4.71. The first kappa shape index (κ1) is 15.3. The van der Waals surface area contributed by atoms with E-state index in [1.165, 1.54) is 11.9 Å². The molecule has 0 aliphatic carbocycles. The molecule has 4 amide bonds. The normalized spacial score (nSPS) is 15.9. The zero-order valence-electron chi connectivity index (χ0n) is 13.7. The number of hydrogen-bond acceptors (Lipinski definition) is 4. The third kappa shape index (κ3) is 1.97. The van der Waals surface area contributed by atoms with Crippen molar-refractivity contribution in [2.75, 3.05) is 13.6 Å². The van der Waals surface area contributed by atoms with Gasteiger partial charge in [-0.05, 0) is 42.3 Å². The summed E-state index contributed by atoms with van der Waals surface area (Å²) in [7, 11) is 1.45. The van der Waals surface area contributed by atoms with Gasteiger partial charge in [-0.2, -0.15) is 0 Å². The van der Waals surface area contributed by atoms with Crippen LogP contribution in [0.5, 0.6) is 0 Å². The first-order chi connectivity index (χ1) is 11.9. The Morgan fingerprint density at radius 2 is 1.12 bits per heavy atom. The minimum Gasteiger partial charge on any atom is -0.277 e. The molecule has 2 aliphatic rings. The summed E-state index contributed by atoms with van der Waals surface area (Å²) in [4.78, 5) is 50.9. The minimum atomic E-state index is -0.341. The highest BCUT2D eigenvalue weighted by atomic mass is 16.2. The molecule has 2 aromatic carbocycles. The molecule has 4 rings (SSSR count). The number of imide groups is 2. The van der Waals surface area contributed by atoms with Gasteiger partial charge in [0, 0.05) is 13.6 Å². The average Bonchev–Trinajstić information content (AvgIpc) is 3.00. The highest BCUT2D eigenvalue weighted by molar-refractivity contribution is 6.22. The summed E-state index contributed by atoms with van der Waals surface area (Å²) in [5.74, 6) is -1.26. The first-order valence-electron chi connectivity index (χ1n) is 7.91. The van der Waals surface area contributed by atoms with Crippen LogP contribution in [0.3, 0.4) is 0 Å². The van der Waals surface area contributed by atoms with Crippen LogP contribution in [0.15, 0.2) is 36.4 Å². The van der Waals surface area contributed by atoms with E-state index in [4.69, 9.17) is 0 Å². The summed E-state index contributed by atoms with van der Waals surface area (Å²) in [5, 5.41) is 0. The molecule has 0 atom stereocenters. The van der Waals surface area contributed by atoms with Crippen molar-refractivity contribution in [3.05, 3.63) is 58.7 Å². The molecule has 0 saturated carbocycles. The standard InChI is InChI=1S/C19H14N2O4/c1-3-21-18(24)13-7-5-11(9-15(13)19(21)25)10-4-6-12-14(8-10)17(23)20(2)16(12)22/h4-9H,3H2,1-2H3. The Morgan fingerprint density at radius 1 is 0.680 bits per heavy atom. The van der Waals surface area contributed by atoms with Crippen molar-refractivity contribution >= 4 is 23.6 Å². The van der Waals surface area contributed by atoms with Crippen molar-refractivity contribution in [2.24, 2.45) is 0 Å². The van der Waals surface area contributed by atoms with Gasteiger partial charge in [0.05, 0.1) is 22.3 Å². The fourth-order valence-electron chi connectivity index (χ4n) is 3.30. The van der Waals surface area contributed by atoms with Crippen LogP contribution in [0.25, 0.3) is 11.1 Å². The number of hydrogen-bond donors (Lipinski definition) is 0. The molecule has 6 nitrogen and oxygen atoms in total. The maximum Gasteiger partial charge on any atom is 0.261 e. The number of amides is 4. The second-order valence-electron chi connectivity index (χ2n) is 6.04. The quantitative estimate of drug-likeness (QED) is 0.789. The fraction of sp³-hybridized carbons (Fsp3) is 0.158. The SMILES string of the molecule is CCN1C(=O)c2ccc(-c3ccc4c(c3)C(=O)N(C)C4=O)cc2C1=O. The third-order valence-corrected chi connectivity index (χ3v) is 4.71. The molecular formula is C19H14N2O4. The van der Waals surface area contributed by atoms with Crippen molar-refractivity contribution < 1.29 is 19.2 Å². The van der Waals surface area contributed by atoms with E-state index in [1.807, 2.05) is 0 Å². The lowest BCUT2D eigenvalue weighted by Gasteiger charge is -2.08. The largest absolute Gasteiger partial charge is 0.277 e. The summed E-state index contributed by atoms with van der Waals surface area (Å²) in [6.45, 7) is 2.08. The van der Waals surface area contributed by atoms with Crippen LogP contribution in [0.4, 0.5) is 0 Å². The minimum absolute atomic E-state index is 0.287. The van der Waals surface area contributed by atoms with E-state index in [-0.39, 0.29) is 23.6 Å². The van der Waals surface area contributed by atoms with Gasteiger partial charge >= 0.3 is 0 Å². The number of rotatable bonds is 2. The lowest BCUT2D eigenvalue weighted by Crippen LogP contribution is -2.29. The summed E-state index contributed by atoms with van der Waals surface area (Å²) >= 11 is 0. The van der Waals surface area contributed by atoms with Gasteiger partial charge in [-0.3, -0.25) is 29.0 Å². The summed E-state index contributed by atoms with van der Waals surface area (Å²) in [6.07, 6.45) is 0. The van der Waals surface area contributed by atoms with Crippen molar-refractivity contribution in [3.8, 4) is 11.1 Å². The van der Waals surface area contributed by atoms with Gasteiger partial charge in [-0.15, -0.1) is 0 Å². The van der Waals surface area contributed by atoms with E-state index in [0.717, 1.165) is 10.5 Å². The van der Waals surface area contributed by atoms with Crippen molar-refractivity contribution in [3.63, 3.8) is 0 Å². The van der Waals surface area contributed by atoms with Gasteiger partial charge in [0.2, 0.25) is 0 Å². The van der Waals surface area contributed by atoms with Crippen LogP contribution < -0.4 is 0 Å². The molecule has 0 unspecified atom stereocenters. The van der Waals surface area contributed by atoms with Crippen LogP contribution in [-0.4, -0.2) is 47.0 Å². The Hall–Kier alpha value is -3.28. The number of carbonyl (C=O) groups excluding carboxylic acids is 4. The molecule has 2 heterocycles. The molecule has 0 aromatic heterocycles. The number of fused-ring (bicyclic) bond motifs is 2. The Bertz CT molecular complexity index is 993. The van der Waals surface area contributed by atoms with Crippen LogP contribution in [0, 0.1) is 0 Å². The Kier molecular flexibility index (Phi) is 3.12. The van der Waals surface area contributed by atoms with Gasteiger partial charge < -0.3 is 0 Å². The molecular weight excluding hydrogens is 320 g/mol. The lowest BCUT2D eigenvalue weighted by molar-refractivity contribution is 0.0656. The van der Waals surface area contributed by atoms with Crippen LogP contribution in [0.2, 0.25) is 0 Å². The smallest absolute Gasteiger partial charge is 0.261 e. The predicted molar refractivity (Wildman–Crippen MR) is 89.3 cm³/mol. The second kappa shape index (κ2) is 5.11. The topological polar surface area (TPSA) is 74.8 Å². The van der Waals surface area contributed by atoms with Gasteiger partial charge in [-0.1, -0.05) is 12.1 Å². The van der Waals surface area contributed by atoms with Gasteiger partial charge in [-0.25, -0.2) is 0 Å². The van der Waals surface area contributed by atoms with Crippen molar-refractivity contribution in [1.29, 1.82) is 0 Å². The molecule has 0 bridgehead atoms. The van der Waals surface area contributed by atoms with Crippen LogP contribution >= 0.6 is 0 Å². The van der Waals surface area contributed by atoms with E-state index in [1.54, 1.807) is 43.3 Å². The molecule has 0 N–H and O–H groups in total. The van der Waals surface area contributed by atoms with Crippen molar-refractivity contribution in [1.82, 2.24) is 9.80 Å². The van der Waals surface area contributed by atoms with Gasteiger partial charge in [0.25, 0.3) is 23.6 Å². The summed E-state index contributed by atoms with van der Waals surface area (Å²) < 4.78 is 0. The molecule has 0 fully saturated rings. The van der Waals surface area contributed by atoms with Gasteiger partial charge in [0.1, 0.15) is 0 Å². The lowest BCUT2D eigenvalue weighted by atomic mass is 9.97. The average molecular weight is 334 g/mol. The molecule has 25 heavy (non-hydrogen) atoms. The van der Waals surface area contributed by atoms with Crippen LogP contribution in [-0.2, 0) is 0 Å². The maximum absolute atomic E-state index is 12.3. The molecule has 2 aromatic rings. The summed E-state index contributed by atoms with van der Waals surface area (Å²) in [5.41, 5.74) is 2.92. The Balaban J connectivity index is 1.80. The van der Waals surface area contributed by atoms with Crippen LogP contribution in [0.1, 0.15) is 48.4 Å². The molecule has 124 valence electrons. The number of benzene rings is 2. The van der Waals surface area contributed by atoms with E-state index in [9.17, 15) is 19.2 Å². The molecule has 6 heteroatoms. The monoisotopic (exact) mass is 334 g/mol. The molecule has 0 saturated heterocycles. The van der Waals surface area contributed by atoms with E-state index in [0.29, 0.717) is 34.4 Å². The number of carbonyl (C=O) groups is 4. The number of nitrogens with zero attached hydrogens (tertiary/aromatic N) is 2. The zero-order valence-corrected chi connectivity index (χ0v) is 13.7. The van der Waals surface area contributed by atoms with E-state index in [2.05, 4.69) is 0 Å². The second-order valence-corrected chi connectivity index (χ2v) is 6.04. The fourth-order valence-corrected chi connectivity index (χ4v) is 3.30. The molecule has 2 aliphatic heterocycles. The molecule has 0 radical (unpaired) electrons. The Labute approximate surface area is 143 Å². The first-order valence-corrected chi connectivity index (χ1v) is 7.91. The zero-order chi connectivity index (χ0) is 17.9. The van der Waals surface area contributed by atoms with Gasteiger partial charge in [0.15, 0.2) is 0 Å². The predicted octanol–water partition coefficient (Wildman–Crippen LogP) is 2.20.